The van der Waals surface area contributed by atoms with Gasteiger partial charge in [0.05, 0.1) is 18.4 Å². The van der Waals surface area contributed by atoms with Crippen molar-refractivity contribution in [3.8, 4) is 5.75 Å². The van der Waals surface area contributed by atoms with Gasteiger partial charge >= 0.3 is 12.4 Å². The predicted octanol–water partition coefficient (Wildman–Crippen LogP) is 5.34. The quantitative estimate of drug-likeness (QED) is 0.533. The van der Waals surface area contributed by atoms with Crippen LogP contribution >= 0.6 is 0 Å². The number of alkyl halides is 6. The fourth-order valence-corrected chi connectivity index (χ4v) is 5.17. The second-order valence-electron chi connectivity index (χ2n) is 7.43. The van der Waals surface area contributed by atoms with E-state index in [0.29, 0.717) is 16.4 Å². The first-order chi connectivity index (χ1) is 15.1. The Bertz CT molecular complexity index is 1120. The molecule has 2 aromatic carbocycles. The normalized spacial score (nSPS) is 19.2. The Balaban J connectivity index is 2.27. The van der Waals surface area contributed by atoms with Gasteiger partial charge in [-0.2, -0.15) is 30.6 Å². The molecule has 0 radical (unpaired) electrons. The van der Waals surface area contributed by atoms with Crippen molar-refractivity contribution in [3.05, 3.63) is 47.8 Å². The van der Waals surface area contributed by atoms with Crippen molar-refractivity contribution in [1.82, 2.24) is 4.31 Å². The molecule has 0 saturated carbocycles. The number of halogens is 7. The molecule has 1 aliphatic rings. The minimum absolute atomic E-state index is 0.110. The monoisotopic (exact) mass is 500 g/mol. The zero-order valence-electron chi connectivity index (χ0n) is 17.3. The summed E-state index contributed by atoms with van der Waals surface area (Å²) < 4.78 is 125. The summed E-state index contributed by atoms with van der Waals surface area (Å²) in [4.78, 5) is 0.569. The van der Waals surface area contributed by atoms with E-state index in [2.05, 4.69) is 0 Å². The van der Waals surface area contributed by atoms with Crippen LogP contribution in [0.5, 0.6) is 5.75 Å². The molecule has 1 unspecified atom stereocenters. The van der Waals surface area contributed by atoms with Crippen molar-refractivity contribution in [2.75, 3.05) is 25.6 Å². The van der Waals surface area contributed by atoms with Gasteiger partial charge in [-0.3, -0.25) is 0 Å². The largest absolute Gasteiger partial charge is 0.496 e. The summed E-state index contributed by atoms with van der Waals surface area (Å²) >= 11 is 0. The third-order valence-corrected chi connectivity index (χ3v) is 7.28. The maximum atomic E-state index is 13.7. The summed E-state index contributed by atoms with van der Waals surface area (Å²) in [5.74, 6) is -1.41. The van der Waals surface area contributed by atoms with Gasteiger partial charge in [0.25, 0.3) is 0 Å². The third-order valence-electron chi connectivity index (χ3n) is 5.34. The van der Waals surface area contributed by atoms with Crippen LogP contribution in [0.25, 0.3) is 0 Å². The van der Waals surface area contributed by atoms with Gasteiger partial charge in [-0.25, -0.2) is 12.8 Å². The summed E-state index contributed by atoms with van der Waals surface area (Å²) in [7, 11) is -2.51. The number of anilines is 2. The van der Waals surface area contributed by atoms with Crippen LogP contribution in [-0.4, -0.2) is 45.6 Å². The highest BCUT2D eigenvalue weighted by atomic mass is 32.2. The average Bonchev–Trinajstić information content (AvgIpc) is 2.79. The van der Waals surface area contributed by atoms with Gasteiger partial charge in [0.15, 0.2) is 0 Å². The first kappa shape index (κ1) is 25.1. The molecule has 0 fully saturated rings. The molecule has 0 N–H and O–H groups in total. The van der Waals surface area contributed by atoms with E-state index < -0.39 is 75.5 Å². The van der Waals surface area contributed by atoms with Crippen LogP contribution in [0, 0.1) is 5.82 Å². The molecule has 182 valence electrons. The molecule has 1 atom stereocenters. The molecule has 0 aliphatic carbocycles. The molecule has 0 saturated heterocycles. The molecule has 0 amide bonds. The number of fused-ring (bicyclic) bond motifs is 1. The van der Waals surface area contributed by atoms with E-state index in [0.717, 1.165) is 31.2 Å². The lowest BCUT2D eigenvalue weighted by Crippen LogP contribution is -2.41. The number of methoxy groups -OCH3 is 1. The molecule has 5 nitrogen and oxygen atoms in total. The number of nitrogens with zero attached hydrogens (tertiary/aromatic N) is 2. The Labute approximate surface area is 185 Å². The number of hydrogen-bond donors (Lipinski definition) is 0. The highest BCUT2D eigenvalue weighted by Gasteiger charge is 2.42. The Morgan fingerprint density at radius 3 is 2.18 bits per heavy atom. The minimum Gasteiger partial charge on any atom is -0.496 e. The van der Waals surface area contributed by atoms with E-state index in [-0.39, 0.29) is 5.69 Å². The van der Waals surface area contributed by atoms with Crippen LogP contribution in [0.3, 0.4) is 0 Å². The molecular weight excluding hydrogens is 481 g/mol. The van der Waals surface area contributed by atoms with Gasteiger partial charge in [-0.15, -0.1) is 0 Å². The van der Waals surface area contributed by atoms with E-state index in [9.17, 15) is 39.2 Å². The predicted molar refractivity (Wildman–Crippen MR) is 105 cm³/mol. The van der Waals surface area contributed by atoms with Gasteiger partial charge in [0.2, 0.25) is 10.0 Å². The van der Waals surface area contributed by atoms with Crippen LogP contribution < -0.4 is 9.64 Å². The van der Waals surface area contributed by atoms with Crippen LogP contribution in [0.2, 0.25) is 0 Å². The van der Waals surface area contributed by atoms with E-state index in [1.807, 2.05) is 0 Å². The highest BCUT2D eigenvalue weighted by Crippen LogP contribution is 2.45. The van der Waals surface area contributed by atoms with E-state index >= 15 is 0 Å². The van der Waals surface area contributed by atoms with Crippen molar-refractivity contribution in [1.29, 1.82) is 0 Å². The molecule has 1 heterocycles. The summed E-state index contributed by atoms with van der Waals surface area (Å²) in [5, 5.41) is 0. The van der Waals surface area contributed by atoms with Gasteiger partial charge in [0, 0.05) is 37.8 Å². The lowest BCUT2D eigenvalue weighted by molar-refractivity contribution is -0.139. The third kappa shape index (κ3) is 5.18. The smallest absolute Gasteiger partial charge is 0.420 e. The van der Waals surface area contributed by atoms with Crippen LogP contribution in [0.1, 0.15) is 18.4 Å². The number of sulfonamides is 1. The SMILES string of the molecule is COc1cc2c(cc1C(F)(F)F)N(c1ccc(F)cc1)CC(CCC(F)(F)F)N(C)S2(=O)=O. The van der Waals surface area contributed by atoms with Crippen LogP contribution in [-0.2, 0) is 16.2 Å². The van der Waals surface area contributed by atoms with Gasteiger partial charge in [-0.05, 0) is 36.8 Å². The lowest BCUT2D eigenvalue weighted by Gasteiger charge is -2.30. The summed E-state index contributed by atoms with van der Waals surface area (Å²) in [5.41, 5.74) is -1.56. The Morgan fingerprint density at radius 1 is 1.06 bits per heavy atom. The molecule has 33 heavy (non-hydrogen) atoms. The topological polar surface area (TPSA) is 49.9 Å². The van der Waals surface area contributed by atoms with Crippen LogP contribution in [0.15, 0.2) is 41.3 Å². The molecule has 0 spiro atoms. The van der Waals surface area contributed by atoms with Crippen molar-refractivity contribution < 1.29 is 43.9 Å². The maximum Gasteiger partial charge on any atom is 0.420 e. The zero-order chi connectivity index (χ0) is 24.8. The Morgan fingerprint density at radius 2 is 1.67 bits per heavy atom. The second kappa shape index (κ2) is 8.67. The first-order valence-corrected chi connectivity index (χ1v) is 11.0. The van der Waals surface area contributed by atoms with E-state index in [4.69, 9.17) is 4.74 Å². The second-order valence-corrected chi connectivity index (χ2v) is 9.40. The molecule has 1 aliphatic heterocycles. The summed E-state index contributed by atoms with van der Waals surface area (Å²) in [6.45, 7) is -0.395. The Hall–Kier alpha value is -2.54. The van der Waals surface area contributed by atoms with Crippen molar-refractivity contribution in [2.45, 2.75) is 36.1 Å². The van der Waals surface area contributed by atoms with Crippen molar-refractivity contribution in [2.24, 2.45) is 0 Å². The minimum atomic E-state index is -4.91. The lowest BCUT2D eigenvalue weighted by atomic mass is 10.1. The van der Waals surface area contributed by atoms with Gasteiger partial charge < -0.3 is 9.64 Å². The number of likely N-dealkylation sites (N-methyl/N-ethyl adjacent to an activating group) is 1. The number of ether oxygens (including phenoxy) is 1. The van der Waals surface area contributed by atoms with Gasteiger partial charge in [-0.1, -0.05) is 0 Å². The standard InChI is InChI=1S/C20H19F7N2O3S/c1-28-14(7-8-19(22,23)24)11-29(13-5-3-12(21)4-6-13)16-9-15(20(25,26)27)17(32-2)10-18(16)33(28,30)31/h3-6,9-10,14H,7-8,11H2,1-2H3. The van der Waals surface area contributed by atoms with E-state index in [1.54, 1.807) is 0 Å². The molecule has 3 rings (SSSR count). The first-order valence-electron chi connectivity index (χ1n) is 9.52. The summed E-state index contributed by atoms with van der Waals surface area (Å²) in [6.07, 6.45) is -11.4. The fraction of sp³-hybridized carbons (Fsp3) is 0.400. The van der Waals surface area contributed by atoms with Crippen molar-refractivity contribution in [3.63, 3.8) is 0 Å². The van der Waals surface area contributed by atoms with Gasteiger partial charge in [0.1, 0.15) is 16.5 Å². The molecule has 13 heteroatoms. The Kier molecular flexibility index (Phi) is 6.59. The number of rotatable bonds is 4. The molecule has 0 aromatic heterocycles. The fourth-order valence-electron chi connectivity index (χ4n) is 3.60. The van der Waals surface area contributed by atoms with E-state index in [1.165, 1.54) is 12.1 Å². The number of benzene rings is 2. The zero-order valence-corrected chi connectivity index (χ0v) is 18.2. The number of hydrogen-bond acceptors (Lipinski definition) is 4. The molecular formula is C20H19F7N2O3S. The molecule has 0 bridgehead atoms. The highest BCUT2D eigenvalue weighted by molar-refractivity contribution is 7.89. The van der Waals surface area contributed by atoms with Crippen molar-refractivity contribution >= 4 is 21.4 Å². The maximum absolute atomic E-state index is 13.7. The average molecular weight is 500 g/mol. The van der Waals surface area contributed by atoms with Crippen LogP contribution in [0.4, 0.5) is 42.1 Å². The summed E-state index contributed by atoms with van der Waals surface area (Å²) in [6, 6.07) is 4.47. The molecule has 2 aromatic rings.